The van der Waals surface area contributed by atoms with E-state index >= 15 is 0 Å². The van der Waals surface area contributed by atoms with Crippen molar-refractivity contribution in [3.63, 3.8) is 0 Å². The van der Waals surface area contributed by atoms with E-state index in [9.17, 15) is 12.8 Å². The number of hydrogen-bond donors (Lipinski definition) is 2. The van der Waals surface area contributed by atoms with Crippen molar-refractivity contribution in [3.8, 4) is 0 Å². The highest BCUT2D eigenvalue weighted by Crippen LogP contribution is 2.26. The molecule has 1 rings (SSSR count). The standard InChI is InChI=1S/C14H22BrFN2O2S/c1-9(14(2,3)4)18-21(19,20)12-7-11(15)6-10(8-17-5)13(12)16/h6-7,9,17-18H,8H2,1-5H3. The van der Waals surface area contributed by atoms with Gasteiger partial charge in [0.05, 0.1) is 0 Å². The van der Waals surface area contributed by atoms with Gasteiger partial charge in [-0.15, -0.1) is 0 Å². The number of nitrogens with one attached hydrogen (secondary N) is 2. The lowest BCUT2D eigenvalue weighted by Gasteiger charge is -2.28. The molecule has 120 valence electrons. The normalized spacial score (nSPS) is 14.2. The zero-order valence-corrected chi connectivity index (χ0v) is 15.3. The van der Waals surface area contributed by atoms with Crippen LogP contribution in [-0.4, -0.2) is 21.5 Å². The summed E-state index contributed by atoms with van der Waals surface area (Å²) in [7, 11) is -2.24. The topological polar surface area (TPSA) is 58.2 Å². The van der Waals surface area contributed by atoms with Crippen molar-refractivity contribution in [3.05, 3.63) is 28.0 Å². The zero-order chi connectivity index (χ0) is 16.4. The van der Waals surface area contributed by atoms with Crippen LogP contribution in [0.15, 0.2) is 21.5 Å². The molecule has 1 unspecified atom stereocenters. The highest BCUT2D eigenvalue weighted by Gasteiger charge is 2.28. The van der Waals surface area contributed by atoms with E-state index in [1.165, 1.54) is 6.07 Å². The van der Waals surface area contributed by atoms with Crippen LogP contribution in [0.25, 0.3) is 0 Å². The smallest absolute Gasteiger partial charge is 0.243 e. The Bertz CT molecular complexity index is 612. The van der Waals surface area contributed by atoms with Crippen LogP contribution in [0.1, 0.15) is 33.3 Å². The van der Waals surface area contributed by atoms with Gasteiger partial charge in [-0.2, -0.15) is 0 Å². The minimum atomic E-state index is -3.92. The molecule has 0 saturated heterocycles. The number of hydrogen-bond acceptors (Lipinski definition) is 3. The lowest BCUT2D eigenvalue weighted by atomic mass is 9.89. The molecule has 1 atom stereocenters. The number of halogens is 2. The molecule has 21 heavy (non-hydrogen) atoms. The molecule has 1 aromatic rings. The molecule has 0 aliphatic rings. The van der Waals surface area contributed by atoms with Gasteiger partial charge >= 0.3 is 0 Å². The van der Waals surface area contributed by atoms with Crippen LogP contribution in [0.4, 0.5) is 4.39 Å². The molecular formula is C14H22BrFN2O2S. The average Bonchev–Trinajstić information content (AvgIpc) is 2.31. The summed E-state index contributed by atoms with van der Waals surface area (Å²) in [6.07, 6.45) is 0. The Hall–Kier alpha value is -0.500. The van der Waals surface area contributed by atoms with Crippen LogP contribution < -0.4 is 10.0 Å². The Balaban J connectivity index is 3.26. The van der Waals surface area contributed by atoms with E-state index in [0.29, 0.717) is 10.0 Å². The van der Waals surface area contributed by atoms with E-state index in [0.717, 1.165) is 0 Å². The Morgan fingerprint density at radius 3 is 2.38 bits per heavy atom. The molecule has 0 heterocycles. The molecule has 0 amide bonds. The predicted molar refractivity (Wildman–Crippen MR) is 86.1 cm³/mol. The maximum Gasteiger partial charge on any atom is 0.243 e. The first-order valence-electron chi connectivity index (χ1n) is 6.64. The van der Waals surface area contributed by atoms with E-state index in [1.807, 2.05) is 20.8 Å². The predicted octanol–water partition coefficient (Wildman–Crippen LogP) is 3.02. The second-order valence-electron chi connectivity index (χ2n) is 6.12. The largest absolute Gasteiger partial charge is 0.316 e. The molecule has 4 nitrogen and oxygen atoms in total. The molecule has 0 fully saturated rings. The second-order valence-corrected chi connectivity index (χ2v) is 8.71. The first kappa shape index (κ1) is 18.5. The monoisotopic (exact) mass is 380 g/mol. The van der Waals surface area contributed by atoms with E-state index in [1.54, 1.807) is 20.0 Å². The highest BCUT2D eigenvalue weighted by molar-refractivity contribution is 9.10. The molecule has 0 aliphatic carbocycles. The summed E-state index contributed by atoms with van der Waals surface area (Å²) in [6, 6.07) is 2.53. The maximum absolute atomic E-state index is 14.4. The molecule has 0 aromatic heterocycles. The average molecular weight is 381 g/mol. The molecule has 0 aliphatic heterocycles. The third-order valence-electron chi connectivity index (χ3n) is 3.37. The van der Waals surface area contributed by atoms with Crippen LogP contribution in [0.2, 0.25) is 0 Å². The van der Waals surface area contributed by atoms with E-state index in [4.69, 9.17) is 0 Å². The Labute approximate surface area is 134 Å². The van der Waals surface area contributed by atoms with E-state index < -0.39 is 15.8 Å². The minimum absolute atomic E-state index is 0.253. The van der Waals surface area contributed by atoms with Crippen molar-refractivity contribution < 1.29 is 12.8 Å². The van der Waals surface area contributed by atoms with Crippen LogP contribution >= 0.6 is 15.9 Å². The fraction of sp³-hybridized carbons (Fsp3) is 0.571. The van der Waals surface area contributed by atoms with Gasteiger partial charge < -0.3 is 5.32 Å². The van der Waals surface area contributed by atoms with Crippen LogP contribution in [0.5, 0.6) is 0 Å². The van der Waals surface area contributed by atoms with Crippen molar-refractivity contribution in [2.75, 3.05) is 7.05 Å². The fourth-order valence-corrected chi connectivity index (χ4v) is 3.86. The quantitative estimate of drug-likeness (QED) is 0.825. The summed E-state index contributed by atoms with van der Waals surface area (Å²) >= 11 is 3.23. The van der Waals surface area contributed by atoms with Gasteiger partial charge in [-0.25, -0.2) is 17.5 Å². The third-order valence-corrected chi connectivity index (χ3v) is 5.36. The molecule has 1 aromatic carbocycles. The fourth-order valence-electron chi connectivity index (χ4n) is 1.61. The summed E-state index contributed by atoms with van der Waals surface area (Å²) < 4.78 is 42.3. The summed E-state index contributed by atoms with van der Waals surface area (Å²) in [6.45, 7) is 7.78. The van der Waals surface area contributed by atoms with Crippen molar-refractivity contribution in [2.45, 2.75) is 45.2 Å². The summed E-state index contributed by atoms with van der Waals surface area (Å²) in [5, 5.41) is 2.82. The van der Waals surface area contributed by atoms with Crippen molar-refractivity contribution in [1.82, 2.24) is 10.0 Å². The Kier molecular flexibility index (Phi) is 5.94. The molecule has 7 heteroatoms. The number of rotatable bonds is 5. The summed E-state index contributed by atoms with van der Waals surface area (Å²) in [5.74, 6) is -0.721. The molecule has 0 bridgehead atoms. The molecule has 0 spiro atoms. The maximum atomic E-state index is 14.4. The van der Waals surface area contributed by atoms with Crippen LogP contribution in [-0.2, 0) is 16.6 Å². The van der Waals surface area contributed by atoms with Crippen molar-refractivity contribution in [2.24, 2.45) is 5.41 Å². The van der Waals surface area contributed by atoms with Crippen LogP contribution in [0, 0.1) is 11.2 Å². The van der Waals surface area contributed by atoms with Gasteiger partial charge in [0.1, 0.15) is 10.7 Å². The summed E-state index contributed by atoms with van der Waals surface area (Å²) in [4.78, 5) is -0.335. The van der Waals surface area contributed by atoms with E-state index in [-0.39, 0.29) is 22.9 Å². The first-order valence-corrected chi connectivity index (χ1v) is 8.91. The Morgan fingerprint density at radius 1 is 1.33 bits per heavy atom. The number of benzene rings is 1. The van der Waals surface area contributed by atoms with Gasteiger partial charge in [-0.05, 0) is 31.5 Å². The van der Waals surface area contributed by atoms with Gasteiger partial charge in [0, 0.05) is 22.6 Å². The molecule has 0 radical (unpaired) electrons. The van der Waals surface area contributed by atoms with Gasteiger partial charge in [-0.3, -0.25) is 0 Å². The van der Waals surface area contributed by atoms with Gasteiger partial charge in [0.2, 0.25) is 10.0 Å². The van der Waals surface area contributed by atoms with E-state index in [2.05, 4.69) is 26.0 Å². The molecule has 0 saturated carbocycles. The van der Waals surface area contributed by atoms with Crippen molar-refractivity contribution in [1.29, 1.82) is 0 Å². The van der Waals surface area contributed by atoms with Gasteiger partial charge in [-0.1, -0.05) is 36.7 Å². The van der Waals surface area contributed by atoms with Gasteiger partial charge in [0.15, 0.2) is 0 Å². The SMILES string of the molecule is CNCc1cc(Br)cc(S(=O)(=O)NC(C)C(C)(C)C)c1F. The second kappa shape index (κ2) is 6.73. The third kappa shape index (κ3) is 4.74. The molecular weight excluding hydrogens is 359 g/mol. The Morgan fingerprint density at radius 2 is 1.90 bits per heavy atom. The summed E-state index contributed by atoms with van der Waals surface area (Å²) in [5.41, 5.74) is 0.0410. The van der Waals surface area contributed by atoms with Gasteiger partial charge in [0.25, 0.3) is 0 Å². The number of sulfonamides is 1. The zero-order valence-electron chi connectivity index (χ0n) is 12.9. The van der Waals surface area contributed by atoms with Crippen molar-refractivity contribution >= 4 is 26.0 Å². The van der Waals surface area contributed by atoms with Crippen LogP contribution in [0.3, 0.4) is 0 Å². The lowest BCUT2D eigenvalue weighted by Crippen LogP contribution is -2.41. The first-order chi connectivity index (χ1) is 9.49. The molecule has 2 N–H and O–H groups in total. The highest BCUT2D eigenvalue weighted by atomic mass is 79.9. The minimum Gasteiger partial charge on any atom is -0.316 e. The lowest BCUT2D eigenvalue weighted by molar-refractivity contribution is 0.317.